The number of anilines is 3. The maximum atomic E-state index is 5.91. The van der Waals surface area contributed by atoms with Crippen molar-refractivity contribution in [3.63, 3.8) is 0 Å². The molecule has 0 saturated carbocycles. The highest BCUT2D eigenvalue weighted by Crippen LogP contribution is 2.30. The number of hydrogen-bond donors (Lipinski definition) is 2. The van der Waals surface area contributed by atoms with Gasteiger partial charge >= 0.3 is 0 Å². The van der Waals surface area contributed by atoms with Gasteiger partial charge in [0.2, 0.25) is 5.95 Å². The maximum absolute atomic E-state index is 5.91. The van der Waals surface area contributed by atoms with Crippen LogP contribution < -0.4 is 20.1 Å². The highest BCUT2D eigenvalue weighted by atomic mass is 35.5. The van der Waals surface area contributed by atoms with Gasteiger partial charge in [-0.15, -0.1) is 0 Å². The summed E-state index contributed by atoms with van der Waals surface area (Å²) in [5.41, 5.74) is 1.97. The summed E-state index contributed by atoms with van der Waals surface area (Å²) in [5.74, 6) is 2.60. The molecule has 1 heterocycles. The predicted molar refractivity (Wildman–Crippen MR) is 109 cm³/mol. The van der Waals surface area contributed by atoms with Gasteiger partial charge in [0.25, 0.3) is 0 Å². The third kappa shape index (κ3) is 5.24. The number of rotatable bonds is 8. The molecule has 0 bridgehead atoms. The summed E-state index contributed by atoms with van der Waals surface area (Å²) in [6.45, 7) is 0.754. The van der Waals surface area contributed by atoms with E-state index >= 15 is 0 Å². The van der Waals surface area contributed by atoms with E-state index in [1.807, 2.05) is 42.5 Å². The molecule has 0 unspecified atom stereocenters. The summed E-state index contributed by atoms with van der Waals surface area (Å²) in [6.07, 6.45) is 2.58. The van der Waals surface area contributed by atoms with E-state index in [0.29, 0.717) is 11.7 Å². The monoisotopic (exact) mass is 384 g/mol. The van der Waals surface area contributed by atoms with E-state index in [4.69, 9.17) is 21.1 Å². The van der Waals surface area contributed by atoms with Crippen LogP contribution in [-0.2, 0) is 6.42 Å². The van der Waals surface area contributed by atoms with E-state index in [1.165, 1.54) is 5.56 Å². The fourth-order valence-corrected chi connectivity index (χ4v) is 2.65. The number of ether oxygens (including phenoxy) is 2. The molecule has 0 fully saturated rings. The van der Waals surface area contributed by atoms with Crippen LogP contribution in [0.15, 0.2) is 54.7 Å². The first-order valence-corrected chi connectivity index (χ1v) is 8.86. The van der Waals surface area contributed by atoms with E-state index in [2.05, 4.69) is 20.6 Å². The van der Waals surface area contributed by atoms with Gasteiger partial charge in [-0.1, -0.05) is 23.7 Å². The first kappa shape index (κ1) is 18.8. The number of nitrogens with zero attached hydrogens (tertiary/aromatic N) is 2. The van der Waals surface area contributed by atoms with Crippen LogP contribution in [0.25, 0.3) is 0 Å². The zero-order valence-corrected chi connectivity index (χ0v) is 16.0. The Morgan fingerprint density at radius 3 is 2.56 bits per heavy atom. The standard InChI is InChI=1S/C20H21ClN4O2/c1-26-16-7-8-17(18(13-16)27-2)24-20-23-12-10-19(25-20)22-11-9-14-3-5-15(21)6-4-14/h3-8,10,12-13H,9,11H2,1-2H3,(H2,22,23,24,25). The molecule has 140 valence electrons. The molecule has 0 saturated heterocycles. The molecule has 3 rings (SSSR count). The summed E-state index contributed by atoms with van der Waals surface area (Å²) >= 11 is 5.91. The van der Waals surface area contributed by atoms with Gasteiger partial charge in [-0.05, 0) is 42.3 Å². The fourth-order valence-electron chi connectivity index (χ4n) is 2.53. The molecule has 0 spiro atoms. The van der Waals surface area contributed by atoms with Crippen molar-refractivity contribution in [1.82, 2.24) is 9.97 Å². The zero-order chi connectivity index (χ0) is 19.1. The van der Waals surface area contributed by atoms with Gasteiger partial charge < -0.3 is 20.1 Å². The first-order valence-electron chi connectivity index (χ1n) is 8.48. The van der Waals surface area contributed by atoms with Crippen molar-refractivity contribution in [2.75, 3.05) is 31.4 Å². The average molecular weight is 385 g/mol. The molecule has 2 N–H and O–H groups in total. The summed E-state index contributed by atoms with van der Waals surface area (Å²) in [6, 6.07) is 15.2. The van der Waals surface area contributed by atoms with Gasteiger partial charge in [0.15, 0.2) is 0 Å². The molecular formula is C20H21ClN4O2. The van der Waals surface area contributed by atoms with Crippen LogP contribution in [0.4, 0.5) is 17.5 Å². The molecule has 0 aliphatic rings. The molecule has 3 aromatic rings. The molecule has 0 atom stereocenters. The van der Waals surface area contributed by atoms with Crippen LogP contribution in [0.1, 0.15) is 5.56 Å². The lowest BCUT2D eigenvalue weighted by molar-refractivity contribution is 0.395. The second-order valence-corrected chi connectivity index (χ2v) is 6.20. The molecule has 2 aromatic carbocycles. The van der Waals surface area contributed by atoms with Crippen molar-refractivity contribution in [2.45, 2.75) is 6.42 Å². The van der Waals surface area contributed by atoms with Crippen molar-refractivity contribution in [3.05, 3.63) is 65.3 Å². The Hall–Kier alpha value is -2.99. The maximum Gasteiger partial charge on any atom is 0.229 e. The third-order valence-corrected chi connectivity index (χ3v) is 4.20. The van der Waals surface area contributed by atoms with Crippen LogP contribution in [0, 0.1) is 0 Å². The number of aromatic nitrogens is 2. The average Bonchev–Trinajstić information content (AvgIpc) is 2.70. The molecule has 7 heteroatoms. The zero-order valence-electron chi connectivity index (χ0n) is 15.2. The Bertz CT molecular complexity index is 887. The van der Waals surface area contributed by atoms with Crippen LogP contribution in [-0.4, -0.2) is 30.7 Å². The van der Waals surface area contributed by atoms with Crippen molar-refractivity contribution in [1.29, 1.82) is 0 Å². The first-order chi connectivity index (χ1) is 13.2. The Labute approximate surface area is 163 Å². The normalized spacial score (nSPS) is 10.3. The SMILES string of the molecule is COc1ccc(Nc2nccc(NCCc3ccc(Cl)cc3)n2)c(OC)c1. The quantitative estimate of drug-likeness (QED) is 0.594. The van der Waals surface area contributed by atoms with Gasteiger partial charge in [0, 0.05) is 23.8 Å². The van der Waals surface area contributed by atoms with Crippen molar-refractivity contribution in [2.24, 2.45) is 0 Å². The smallest absolute Gasteiger partial charge is 0.229 e. The Balaban J connectivity index is 1.62. The lowest BCUT2D eigenvalue weighted by atomic mass is 10.1. The number of methoxy groups -OCH3 is 2. The van der Waals surface area contributed by atoms with Crippen LogP contribution in [0.3, 0.4) is 0 Å². The minimum atomic E-state index is 0.481. The molecule has 0 aliphatic carbocycles. The topological polar surface area (TPSA) is 68.3 Å². The number of hydrogen-bond acceptors (Lipinski definition) is 6. The molecular weight excluding hydrogens is 364 g/mol. The number of nitrogens with one attached hydrogen (secondary N) is 2. The van der Waals surface area contributed by atoms with E-state index in [1.54, 1.807) is 26.5 Å². The van der Waals surface area contributed by atoms with Crippen LogP contribution >= 0.6 is 11.6 Å². The molecule has 6 nitrogen and oxygen atoms in total. The summed E-state index contributed by atoms with van der Waals surface area (Å²) in [5, 5.41) is 7.22. The number of benzene rings is 2. The lowest BCUT2D eigenvalue weighted by Crippen LogP contribution is -2.08. The lowest BCUT2D eigenvalue weighted by Gasteiger charge is -2.12. The van der Waals surface area contributed by atoms with Gasteiger partial charge in [-0.25, -0.2) is 4.98 Å². The van der Waals surface area contributed by atoms with Crippen molar-refractivity contribution >= 4 is 29.1 Å². The van der Waals surface area contributed by atoms with Crippen molar-refractivity contribution < 1.29 is 9.47 Å². The summed E-state index contributed by atoms with van der Waals surface area (Å²) in [7, 11) is 3.22. The van der Waals surface area contributed by atoms with E-state index in [0.717, 1.165) is 35.2 Å². The Morgan fingerprint density at radius 1 is 1.00 bits per heavy atom. The minimum absolute atomic E-state index is 0.481. The van der Waals surface area contributed by atoms with Crippen LogP contribution in [0.5, 0.6) is 11.5 Å². The molecule has 1 aromatic heterocycles. The second-order valence-electron chi connectivity index (χ2n) is 5.76. The molecule has 0 radical (unpaired) electrons. The van der Waals surface area contributed by atoms with Gasteiger partial charge in [-0.2, -0.15) is 4.98 Å². The molecule has 0 aliphatic heterocycles. The second kappa shape index (κ2) is 9.09. The third-order valence-electron chi connectivity index (χ3n) is 3.94. The molecule has 27 heavy (non-hydrogen) atoms. The van der Waals surface area contributed by atoms with Gasteiger partial charge in [0.05, 0.1) is 19.9 Å². The number of halogens is 1. The minimum Gasteiger partial charge on any atom is -0.497 e. The van der Waals surface area contributed by atoms with Crippen molar-refractivity contribution in [3.8, 4) is 11.5 Å². The Kier molecular flexibility index (Phi) is 6.33. The van der Waals surface area contributed by atoms with Gasteiger partial charge in [-0.3, -0.25) is 0 Å². The molecule has 0 amide bonds. The highest BCUT2D eigenvalue weighted by Gasteiger charge is 2.07. The summed E-state index contributed by atoms with van der Waals surface area (Å²) < 4.78 is 10.6. The van der Waals surface area contributed by atoms with E-state index < -0.39 is 0 Å². The largest absolute Gasteiger partial charge is 0.497 e. The van der Waals surface area contributed by atoms with Gasteiger partial charge in [0.1, 0.15) is 17.3 Å². The Morgan fingerprint density at radius 2 is 1.81 bits per heavy atom. The predicted octanol–water partition coefficient (Wildman–Crippen LogP) is 4.55. The summed E-state index contributed by atoms with van der Waals surface area (Å²) in [4.78, 5) is 8.76. The highest BCUT2D eigenvalue weighted by molar-refractivity contribution is 6.30. The van der Waals surface area contributed by atoms with Crippen LogP contribution in [0.2, 0.25) is 5.02 Å². The fraction of sp³-hybridized carbons (Fsp3) is 0.200. The van der Waals surface area contributed by atoms with E-state index in [9.17, 15) is 0 Å². The van der Waals surface area contributed by atoms with E-state index in [-0.39, 0.29) is 0 Å².